The predicted octanol–water partition coefficient (Wildman–Crippen LogP) is 7.28. The van der Waals surface area contributed by atoms with Crippen molar-refractivity contribution < 1.29 is 28.8 Å². The molecule has 1 saturated heterocycles. The Kier molecular flexibility index (Phi) is 16.9. The van der Waals surface area contributed by atoms with Gasteiger partial charge in [-0.05, 0) is 37.8 Å². The van der Waals surface area contributed by atoms with Gasteiger partial charge in [-0.1, -0.05) is 87.0 Å². The number of ether oxygens (including phenoxy) is 5. The van der Waals surface area contributed by atoms with Gasteiger partial charge in [0.2, 0.25) is 0 Å². The topological polar surface area (TPSA) is 66.4 Å². The van der Waals surface area contributed by atoms with Crippen molar-refractivity contribution in [3.05, 3.63) is 33.3 Å². The summed E-state index contributed by atoms with van der Waals surface area (Å²) >= 11 is 10.0. The van der Waals surface area contributed by atoms with E-state index in [2.05, 4.69) is 43.6 Å². The maximum atomic E-state index is 11.6. The Bertz CT molecular complexity index is 738. The third-order valence-corrected chi connectivity index (χ3v) is 7.43. The van der Waals surface area contributed by atoms with Crippen LogP contribution in [0.1, 0.15) is 90.7 Å². The van der Waals surface area contributed by atoms with Gasteiger partial charge in [0.25, 0.3) is 0 Å². The van der Waals surface area contributed by atoms with Crippen LogP contribution >= 0.6 is 27.5 Å². The largest absolute Gasteiger partial charge is 0.386 e. The molecule has 6 atom stereocenters. The molecule has 1 heterocycles. The summed E-state index contributed by atoms with van der Waals surface area (Å²) in [6.45, 7) is 11.3. The molecule has 8 heteroatoms. The summed E-state index contributed by atoms with van der Waals surface area (Å²) < 4.78 is 32.8. The molecule has 2 rings (SSSR count). The first kappa shape index (κ1) is 33.0. The van der Waals surface area contributed by atoms with Gasteiger partial charge in [0, 0.05) is 41.5 Å². The van der Waals surface area contributed by atoms with E-state index in [1.807, 2.05) is 12.1 Å². The monoisotopic (exact) mass is 606 g/mol. The fourth-order valence-electron chi connectivity index (χ4n) is 4.37. The van der Waals surface area contributed by atoms with Crippen molar-refractivity contribution in [1.82, 2.24) is 0 Å². The zero-order valence-corrected chi connectivity index (χ0v) is 25.5. The number of hydrogen-bond acceptors (Lipinski definition) is 6. The van der Waals surface area contributed by atoms with Gasteiger partial charge in [-0.2, -0.15) is 0 Å². The second kappa shape index (κ2) is 18.9. The lowest BCUT2D eigenvalue weighted by Gasteiger charge is -2.47. The third kappa shape index (κ3) is 10.7. The molecular weight excluding hydrogens is 560 g/mol. The SMILES string of the molecule is CCCCOCC1O[C@H]([C@H](O)c2ccc(Br)cc2Cl)C(OCCCC)C(OCCCC)[C@@H]1OCCCC. The predicted molar refractivity (Wildman–Crippen MR) is 152 cm³/mol. The first-order valence-corrected chi connectivity index (χ1v) is 15.4. The van der Waals surface area contributed by atoms with Crippen LogP contribution in [0.2, 0.25) is 5.02 Å². The highest BCUT2D eigenvalue weighted by Gasteiger charge is 2.50. The molecule has 0 aliphatic carbocycles. The van der Waals surface area contributed by atoms with Gasteiger partial charge in [-0.3, -0.25) is 0 Å². The van der Waals surface area contributed by atoms with Crippen LogP contribution in [0.15, 0.2) is 22.7 Å². The van der Waals surface area contributed by atoms with Crippen molar-refractivity contribution in [3.63, 3.8) is 0 Å². The zero-order chi connectivity index (χ0) is 27.0. The molecular formula is C29H48BrClO6. The van der Waals surface area contributed by atoms with E-state index in [1.165, 1.54) is 0 Å². The van der Waals surface area contributed by atoms with Crippen molar-refractivity contribution >= 4 is 27.5 Å². The van der Waals surface area contributed by atoms with Crippen molar-refractivity contribution in [2.75, 3.05) is 33.0 Å². The van der Waals surface area contributed by atoms with Gasteiger partial charge < -0.3 is 28.8 Å². The molecule has 0 saturated carbocycles. The minimum Gasteiger partial charge on any atom is -0.386 e. The lowest BCUT2D eigenvalue weighted by atomic mass is 9.89. The molecule has 37 heavy (non-hydrogen) atoms. The summed E-state index contributed by atoms with van der Waals surface area (Å²) in [7, 11) is 0. The van der Waals surface area contributed by atoms with Crippen LogP contribution in [0.25, 0.3) is 0 Å². The van der Waals surface area contributed by atoms with Gasteiger partial charge in [-0.15, -0.1) is 0 Å². The van der Waals surface area contributed by atoms with E-state index >= 15 is 0 Å². The van der Waals surface area contributed by atoms with Crippen molar-refractivity contribution in [3.8, 4) is 0 Å². The third-order valence-electron chi connectivity index (χ3n) is 6.61. The fraction of sp³-hybridized carbons (Fsp3) is 0.793. The molecule has 1 aliphatic heterocycles. The quantitative estimate of drug-likeness (QED) is 0.167. The highest BCUT2D eigenvalue weighted by Crippen LogP contribution is 2.38. The van der Waals surface area contributed by atoms with Crippen LogP contribution < -0.4 is 0 Å². The molecule has 0 radical (unpaired) electrons. The van der Waals surface area contributed by atoms with Crippen LogP contribution in [-0.4, -0.2) is 68.7 Å². The average molecular weight is 608 g/mol. The Balaban J connectivity index is 2.42. The van der Waals surface area contributed by atoms with Gasteiger partial charge in [0.1, 0.15) is 36.6 Å². The Labute approximate surface area is 237 Å². The summed E-state index contributed by atoms with van der Waals surface area (Å²) in [5, 5.41) is 12.1. The number of rotatable bonds is 19. The number of hydrogen-bond donors (Lipinski definition) is 1. The molecule has 0 bridgehead atoms. The van der Waals surface area contributed by atoms with E-state index in [0.717, 1.165) is 55.8 Å². The highest BCUT2D eigenvalue weighted by atomic mass is 79.9. The number of unbranched alkanes of at least 4 members (excludes halogenated alkanes) is 4. The summed E-state index contributed by atoms with van der Waals surface area (Å²) in [6.07, 6.45) is 4.52. The normalized spacial score (nSPS) is 24.9. The van der Waals surface area contributed by atoms with E-state index in [1.54, 1.807) is 6.07 Å². The first-order chi connectivity index (χ1) is 18.0. The molecule has 1 aromatic carbocycles. The minimum atomic E-state index is -1.00. The van der Waals surface area contributed by atoms with Gasteiger partial charge >= 0.3 is 0 Å². The number of aliphatic hydroxyl groups is 1. The van der Waals surface area contributed by atoms with Crippen LogP contribution in [0.5, 0.6) is 0 Å². The van der Waals surface area contributed by atoms with Crippen LogP contribution in [0, 0.1) is 0 Å². The molecule has 0 spiro atoms. The van der Waals surface area contributed by atoms with Crippen LogP contribution in [-0.2, 0) is 23.7 Å². The minimum absolute atomic E-state index is 0.361. The fourth-order valence-corrected chi connectivity index (χ4v) is 5.15. The maximum absolute atomic E-state index is 11.6. The van der Waals surface area contributed by atoms with E-state index in [-0.39, 0.29) is 6.10 Å². The van der Waals surface area contributed by atoms with Gasteiger partial charge in [0.05, 0.1) is 6.61 Å². The Morgan fingerprint density at radius 1 is 0.838 bits per heavy atom. The first-order valence-electron chi connectivity index (χ1n) is 14.2. The Hall–Kier alpha value is -0.250. The molecule has 0 aromatic heterocycles. The Morgan fingerprint density at radius 2 is 1.38 bits per heavy atom. The van der Waals surface area contributed by atoms with Gasteiger partial charge in [-0.25, -0.2) is 0 Å². The second-order valence-corrected chi connectivity index (χ2v) is 11.1. The zero-order valence-electron chi connectivity index (χ0n) is 23.1. The van der Waals surface area contributed by atoms with E-state index < -0.39 is 30.5 Å². The smallest absolute Gasteiger partial charge is 0.117 e. The van der Waals surface area contributed by atoms with Crippen LogP contribution in [0.4, 0.5) is 0 Å². The molecule has 1 N–H and O–H groups in total. The molecule has 3 unspecified atom stereocenters. The van der Waals surface area contributed by atoms with Crippen molar-refractivity contribution in [2.45, 2.75) is 116 Å². The summed E-state index contributed by atoms with van der Waals surface area (Å²) in [4.78, 5) is 0. The van der Waals surface area contributed by atoms with Crippen LogP contribution in [0.3, 0.4) is 0 Å². The number of aliphatic hydroxyl groups excluding tert-OH is 1. The van der Waals surface area contributed by atoms with Crippen molar-refractivity contribution in [2.24, 2.45) is 0 Å². The average Bonchev–Trinajstić information content (AvgIpc) is 2.88. The summed E-state index contributed by atoms with van der Waals surface area (Å²) in [5.74, 6) is 0. The lowest BCUT2D eigenvalue weighted by molar-refractivity contribution is -0.281. The standard InChI is InChI=1S/C29H48BrClO6/c1-5-9-15-33-20-24-26(34-16-10-6-2)28(35-17-11-7-3)29(36-18-12-8-4)27(37-24)25(32)22-14-13-21(30)19-23(22)31/h13-14,19,24-29,32H,5-12,15-18,20H2,1-4H3/t24?,25-,26-,27-,28?,29?/m1/s1. The summed E-state index contributed by atoms with van der Waals surface area (Å²) in [5.41, 5.74) is 0.599. The van der Waals surface area contributed by atoms with E-state index in [0.29, 0.717) is 43.6 Å². The molecule has 1 fully saturated rings. The van der Waals surface area contributed by atoms with E-state index in [9.17, 15) is 5.11 Å². The van der Waals surface area contributed by atoms with Gasteiger partial charge in [0.15, 0.2) is 0 Å². The molecule has 6 nitrogen and oxygen atoms in total. The molecule has 1 aliphatic rings. The molecule has 1 aromatic rings. The maximum Gasteiger partial charge on any atom is 0.117 e. The Morgan fingerprint density at radius 3 is 1.95 bits per heavy atom. The van der Waals surface area contributed by atoms with Crippen molar-refractivity contribution in [1.29, 1.82) is 0 Å². The molecule has 214 valence electrons. The summed E-state index contributed by atoms with van der Waals surface area (Å²) in [6, 6.07) is 5.48. The number of halogens is 2. The second-order valence-electron chi connectivity index (χ2n) is 9.75. The molecule has 0 amide bonds. The number of benzene rings is 1. The van der Waals surface area contributed by atoms with E-state index in [4.69, 9.17) is 35.3 Å². The highest BCUT2D eigenvalue weighted by molar-refractivity contribution is 9.10. The lowest BCUT2D eigenvalue weighted by Crippen LogP contribution is -2.62.